The van der Waals surface area contributed by atoms with Crippen molar-refractivity contribution in [2.75, 3.05) is 7.11 Å². The molecule has 1 aliphatic rings. The van der Waals surface area contributed by atoms with Crippen molar-refractivity contribution in [3.05, 3.63) is 70.6 Å². The van der Waals surface area contributed by atoms with Crippen LogP contribution in [-0.4, -0.2) is 18.3 Å². The van der Waals surface area contributed by atoms with Crippen LogP contribution in [0.1, 0.15) is 11.1 Å². The number of methoxy groups -OCH3 is 1. The number of rotatable bonds is 4. The van der Waals surface area contributed by atoms with Gasteiger partial charge in [0.05, 0.1) is 23.6 Å². The third-order valence-electron chi connectivity index (χ3n) is 4.35. The molecule has 0 unspecified atom stereocenters. The highest BCUT2D eigenvalue weighted by Gasteiger charge is 2.25. The summed E-state index contributed by atoms with van der Waals surface area (Å²) in [5.74, 6) is 1.15. The zero-order chi connectivity index (χ0) is 20.4. The van der Waals surface area contributed by atoms with E-state index in [1.54, 1.807) is 36.4 Å². The Kier molecular flexibility index (Phi) is 4.94. The number of thioether (sulfide) groups is 1. The molecule has 1 aliphatic heterocycles. The highest BCUT2D eigenvalue weighted by Crippen LogP contribution is 2.37. The molecule has 0 aromatic heterocycles. The summed E-state index contributed by atoms with van der Waals surface area (Å²) < 4.78 is 11.5. The van der Waals surface area contributed by atoms with Gasteiger partial charge >= 0.3 is 0 Å². The van der Waals surface area contributed by atoms with Crippen LogP contribution in [0, 0.1) is 11.3 Å². The van der Waals surface area contributed by atoms with Gasteiger partial charge in [0.25, 0.3) is 11.1 Å². The third-order valence-corrected chi connectivity index (χ3v) is 5.16. The minimum Gasteiger partial charge on any atom is -0.493 e. The molecule has 1 fully saturated rings. The molecule has 0 aliphatic carbocycles. The van der Waals surface area contributed by atoms with Crippen LogP contribution >= 0.6 is 11.8 Å². The molecule has 0 spiro atoms. The highest BCUT2D eigenvalue weighted by atomic mass is 32.2. The first-order valence-corrected chi connectivity index (χ1v) is 9.43. The lowest BCUT2D eigenvalue weighted by Crippen LogP contribution is -2.17. The Bertz CT molecular complexity index is 1230. The Morgan fingerprint density at radius 3 is 2.45 bits per heavy atom. The molecule has 3 aromatic carbocycles. The van der Waals surface area contributed by atoms with Gasteiger partial charge in [0.15, 0.2) is 11.5 Å². The summed E-state index contributed by atoms with van der Waals surface area (Å²) >= 11 is 0.857. The molecular weight excluding hydrogens is 388 g/mol. The van der Waals surface area contributed by atoms with Crippen molar-refractivity contribution in [3.8, 4) is 23.3 Å². The molecule has 3 aromatic rings. The number of carbonyl (C=O) groups is 2. The van der Waals surface area contributed by atoms with E-state index in [1.807, 2.05) is 24.3 Å². The SMILES string of the molecule is COc1cc(/C=C2/SC(=O)NC2=O)ccc1Oc1ccc(C#N)c2ccccc12. The number of fused-ring (bicyclic) bond motifs is 1. The normalized spacial score (nSPS) is 14.7. The minimum absolute atomic E-state index is 0.323. The van der Waals surface area contributed by atoms with Crippen molar-refractivity contribution < 1.29 is 19.1 Å². The highest BCUT2D eigenvalue weighted by molar-refractivity contribution is 8.18. The molecule has 0 radical (unpaired) electrons. The lowest BCUT2D eigenvalue weighted by atomic mass is 10.0. The molecule has 0 atom stereocenters. The van der Waals surface area contributed by atoms with E-state index in [-0.39, 0.29) is 5.24 Å². The predicted molar refractivity (Wildman–Crippen MR) is 111 cm³/mol. The van der Waals surface area contributed by atoms with Gasteiger partial charge < -0.3 is 9.47 Å². The van der Waals surface area contributed by atoms with E-state index in [2.05, 4.69) is 11.4 Å². The fraction of sp³-hybridized carbons (Fsp3) is 0.0455. The smallest absolute Gasteiger partial charge is 0.290 e. The van der Waals surface area contributed by atoms with Crippen LogP contribution in [0.15, 0.2) is 59.5 Å². The molecule has 0 bridgehead atoms. The average Bonchev–Trinajstić information content (AvgIpc) is 3.05. The Hall–Kier alpha value is -3.76. The van der Waals surface area contributed by atoms with E-state index < -0.39 is 5.91 Å². The van der Waals surface area contributed by atoms with Gasteiger partial charge in [-0.25, -0.2) is 0 Å². The predicted octanol–water partition coefficient (Wildman–Crippen LogP) is 4.84. The van der Waals surface area contributed by atoms with Gasteiger partial charge in [-0.15, -0.1) is 0 Å². The lowest BCUT2D eigenvalue weighted by molar-refractivity contribution is -0.115. The summed E-state index contributed by atoms with van der Waals surface area (Å²) in [4.78, 5) is 23.4. The Labute approximate surface area is 170 Å². The van der Waals surface area contributed by atoms with Gasteiger partial charge in [-0.2, -0.15) is 5.26 Å². The molecule has 142 valence electrons. The van der Waals surface area contributed by atoms with Crippen LogP contribution < -0.4 is 14.8 Å². The van der Waals surface area contributed by atoms with E-state index in [4.69, 9.17) is 9.47 Å². The quantitative estimate of drug-likeness (QED) is 0.629. The fourth-order valence-corrected chi connectivity index (χ4v) is 3.69. The number of amides is 2. The van der Waals surface area contributed by atoms with Crippen molar-refractivity contribution in [2.45, 2.75) is 0 Å². The summed E-state index contributed by atoms with van der Waals surface area (Å²) in [5, 5.41) is 12.8. The second-order valence-electron chi connectivity index (χ2n) is 6.13. The number of nitrogens with zero attached hydrogens (tertiary/aromatic N) is 1. The summed E-state index contributed by atoms with van der Waals surface area (Å²) in [6.45, 7) is 0. The zero-order valence-electron chi connectivity index (χ0n) is 15.3. The number of hydrogen-bond donors (Lipinski definition) is 1. The summed E-state index contributed by atoms with van der Waals surface area (Å²) in [6.07, 6.45) is 1.62. The van der Waals surface area contributed by atoms with Crippen molar-refractivity contribution in [2.24, 2.45) is 0 Å². The van der Waals surface area contributed by atoms with Crippen molar-refractivity contribution in [3.63, 3.8) is 0 Å². The van der Waals surface area contributed by atoms with Crippen LogP contribution in [-0.2, 0) is 4.79 Å². The largest absolute Gasteiger partial charge is 0.493 e. The van der Waals surface area contributed by atoms with Crippen LogP contribution in [0.2, 0.25) is 0 Å². The number of carbonyl (C=O) groups excluding carboxylic acids is 2. The number of ether oxygens (including phenoxy) is 2. The van der Waals surface area contributed by atoms with E-state index in [0.717, 1.165) is 22.5 Å². The maximum Gasteiger partial charge on any atom is 0.290 e. The first-order chi connectivity index (χ1) is 14.1. The summed E-state index contributed by atoms with van der Waals surface area (Å²) in [5.41, 5.74) is 1.27. The van der Waals surface area contributed by atoms with Gasteiger partial charge in [-0.1, -0.05) is 30.3 Å². The summed E-state index contributed by atoms with van der Waals surface area (Å²) in [6, 6.07) is 18.4. The number of imide groups is 1. The van der Waals surface area contributed by atoms with Crippen molar-refractivity contribution in [1.82, 2.24) is 5.32 Å². The molecule has 0 saturated carbocycles. The standard InChI is InChI=1S/C22H14N2O4S/c1-27-19-10-13(11-20-21(25)24-22(26)29-20)6-8-18(19)28-17-9-7-14(12-23)15-4-2-3-5-16(15)17/h2-11H,1H3,(H,24,25,26)/b20-11+. The van der Waals surface area contributed by atoms with Crippen molar-refractivity contribution >= 4 is 39.8 Å². The van der Waals surface area contributed by atoms with Crippen LogP contribution in [0.3, 0.4) is 0 Å². The molecule has 6 nitrogen and oxygen atoms in total. The number of nitrogens with one attached hydrogen (secondary N) is 1. The van der Waals surface area contributed by atoms with Crippen LogP contribution in [0.25, 0.3) is 16.8 Å². The lowest BCUT2D eigenvalue weighted by Gasteiger charge is -2.13. The molecule has 1 N–H and O–H groups in total. The maximum atomic E-state index is 11.7. The van der Waals surface area contributed by atoms with E-state index in [1.165, 1.54) is 7.11 Å². The Morgan fingerprint density at radius 2 is 1.76 bits per heavy atom. The Morgan fingerprint density at radius 1 is 1.00 bits per heavy atom. The van der Waals surface area contributed by atoms with Crippen LogP contribution in [0.4, 0.5) is 4.79 Å². The molecular formula is C22H14N2O4S. The topological polar surface area (TPSA) is 88.4 Å². The number of benzene rings is 3. The monoisotopic (exact) mass is 402 g/mol. The van der Waals surface area contributed by atoms with E-state index >= 15 is 0 Å². The molecule has 1 heterocycles. The molecule has 29 heavy (non-hydrogen) atoms. The van der Waals surface area contributed by atoms with Crippen molar-refractivity contribution in [1.29, 1.82) is 5.26 Å². The number of hydrogen-bond acceptors (Lipinski definition) is 6. The van der Waals surface area contributed by atoms with Crippen LogP contribution in [0.5, 0.6) is 17.2 Å². The van der Waals surface area contributed by atoms with Gasteiger partial charge in [0.1, 0.15) is 5.75 Å². The number of nitriles is 1. The average molecular weight is 402 g/mol. The third kappa shape index (κ3) is 3.66. The first kappa shape index (κ1) is 18.6. The van der Waals surface area contributed by atoms with E-state index in [0.29, 0.717) is 33.3 Å². The summed E-state index contributed by atoms with van der Waals surface area (Å²) in [7, 11) is 1.52. The Balaban J connectivity index is 1.69. The first-order valence-electron chi connectivity index (χ1n) is 8.61. The van der Waals surface area contributed by atoms with Gasteiger partial charge in [-0.05, 0) is 47.7 Å². The second-order valence-corrected chi connectivity index (χ2v) is 7.15. The molecule has 2 amide bonds. The molecule has 7 heteroatoms. The molecule has 1 saturated heterocycles. The van der Waals surface area contributed by atoms with Gasteiger partial charge in [0, 0.05) is 10.8 Å². The fourth-order valence-electron chi connectivity index (χ4n) is 3.01. The minimum atomic E-state index is -0.414. The molecule has 4 rings (SSSR count). The second kappa shape index (κ2) is 7.70. The zero-order valence-corrected chi connectivity index (χ0v) is 16.1. The van der Waals surface area contributed by atoms with Gasteiger partial charge in [-0.3, -0.25) is 14.9 Å². The van der Waals surface area contributed by atoms with E-state index in [9.17, 15) is 14.9 Å². The maximum absolute atomic E-state index is 11.7. The van der Waals surface area contributed by atoms with Gasteiger partial charge in [0.2, 0.25) is 0 Å².